The second-order valence-electron chi connectivity index (χ2n) is 2.41. The molecule has 0 saturated carbocycles. The molecule has 3 atom stereocenters. The Hall–Kier alpha value is -0.690. The van der Waals surface area contributed by atoms with Gasteiger partial charge in [-0.2, -0.15) is 0 Å². The van der Waals surface area contributed by atoms with Gasteiger partial charge in [0.25, 0.3) is 0 Å². The van der Waals surface area contributed by atoms with Crippen LogP contribution in [-0.2, 0) is 4.79 Å². The van der Waals surface area contributed by atoms with E-state index in [1.165, 1.54) is 0 Å². The monoisotopic (exact) mass is 180 g/mol. The molecule has 0 heterocycles. The lowest BCUT2D eigenvalue weighted by Gasteiger charge is -2.16. The summed E-state index contributed by atoms with van der Waals surface area (Å²) in [5.41, 5.74) is 0. The number of hydrogen-bond acceptors (Lipinski definition) is 5. The molecule has 0 aliphatic heterocycles. The van der Waals surface area contributed by atoms with Crippen molar-refractivity contribution in [1.29, 1.82) is 0 Å². The zero-order valence-corrected chi connectivity index (χ0v) is 6.29. The van der Waals surface area contributed by atoms with Crippen molar-refractivity contribution >= 4 is 5.97 Å². The Morgan fingerprint density at radius 2 is 1.67 bits per heavy atom. The average molecular weight is 180 g/mol. The van der Waals surface area contributed by atoms with Crippen molar-refractivity contribution in [2.24, 2.45) is 0 Å². The van der Waals surface area contributed by atoms with Gasteiger partial charge >= 0.3 is 5.97 Å². The van der Waals surface area contributed by atoms with E-state index >= 15 is 0 Å². The van der Waals surface area contributed by atoms with E-state index in [9.17, 15) is 4.79 Å². The summed E-state index contributed by atoms with van der Waals surface area (Å²) < 4.78 is 0. The molecule has 0 rings (SSSR count). The van der Waals surface area contributed by atoms with Gasteiger partial charge in [0.15, 0.2) is 6.10 Å². The summed E-state index contributed by atoms with van der Waals surface area (Å²) >= 11 is 0. The van der Waals surface area contributed by atoms with Gasteiger partial charge in [0.2, 0.25) is 0 Å². The molecule has 0 aliphatic rings. The summed E-state index contributed by atoms with van der Waals surface area (Å²) in [6.45, 7) is -0.673. The first-order valence-corrected chi connectivity index (χ1v) is 3.37. The molecule has 5 N–H and O–H groups in total. The smallest absolute Gasteiger partial charge is 0.332 e. The summed E-state index contributed by atoms with van der Waals surface area (Å²) in [5, 5.41) is 42.8. The van der Waals surface area contributed by atoms with Crippen LogP contribution in [0.2, 0.25) is 0 Å². The van der Waals surface area contributed by atoms with Gasteiger partial charge in [0, 0.05) is 6.42 Å². The van der Waals surface area contributed by atoms with E-state index in [-0.39, 0.29) is 0 Å². The number of aliphatic hydroxyl groups excluding tert-OH is 4. The fourth-order valence-electron chi connectivity index (χ4n) is 0.608. The number of hydrogen-bond donors (Lipinski definition) is 5. The van der Waals surface area contributed by atoms with Gasteiger partial charge in [-0.15, -0.1) is 0 Å². The Bertz CT molecular complexity index is 147. The molecule has 0 aliphatic carbocycles. The van der Waals surface area contributed by atoms with E-state index in [2.05, 4.69) is 0 Å². The van der Waals surface area contributed by atoms with Gasteiger partial charge in [-0.3, -0.25) is 0 Å². The van der Waals surface area contributed by atoms with Crippen molar-refractivity contribution in [3.05, 3.63) is 0 Å². The molecule has 0 saturated heterocycles. The van der Waals surface area contributed by atoms with E-state index < -0.39 is 37.3 Å². The molecule has 72 valence electrons. The summed E-state index contributed by atoms with van der Waals surface area (Å²) in [6.07, 6.45) is -5.07. The lowest BCUT2D eigenvalue weighted by atomic mass is 10.1. The third-order valence-corrected chi connectivity index (χ3v) is 1.38. The average Bonchev–Trinajstić information content (AvgIpc) is 2.02. The van der Waals surface area contributed by atoms with Gasteiger partial charge in [-0.25, -0.2) is 4.79 Å². The lowest BCUT2D eigenvalue weighted by Crippen LogP contribution is -2.35. The van der Waals surface area contributed by atoms with Gasteiger partial charge in [-0.1, -0.05) is 0 Å². The summed E-state index contributed by atoms with van der Waals surface area (Å²) in [6, 6.07) is 0. The molecule has 0 spiro atoms. The minimum absolute atomic E-state index is 0.503. The predicted octanol–water partition coefficient (Wildman–Crippen LogP) is -2.46. The minimum Gasteiger partial charge on any atom is -0.479 e. The van der Waals surface area contributed by atoms with E-state index in [4.69, 9.17) is 25.5 Å². The summed E-state index contributed by atoms with van der Waals surface area (Å²) in [5.74, 6) is -1.47. The number of aliphatic carboxylic acids is 1. The van der Waals surface area contributed by atoms with Crippen molar-refractivity contribution in [3.8, 4) is 0 Å². The van der Waals surface area contributed by atoms with Crippen LogP contribution < -0.4 is 0 Å². The van der Waals surface area contributed by atoms with Crippen LogP contribution in [0, 0.1) is 0 Å². The third-order valence-electron chi connectivity index (χ3n) is 1.38. The van der Waals surface area contributed by atoms with Crippen molar-refractivity contribution in [2.45, 2.75) is 24.7 Å². The maximum atomic E-state index is 10.0. The topological polar surface area (TPSA) is 118 Å². The number of carboxylic acid groups (broad SMARTS) is 1. The molecular formula is C6H12O6. The van der Waals surface area contributed by atoms with E-state index in [0.29, 0.717) is 0 Å². The van der Waals surface area contributed by atoms with Crippen LogP contribution in [0.3, 0.4) is 0 Å². The Labute approximate surface area is 68.7 Å². The molecule has 0 aromatic heterocycles. The minimum atomic E-state index is -1.72. The number of carboxylic acids is 1. The Morgan fingerprint density at radius 1 is 1.17 bits per heavy atom. The first kappa shape index (κ1) is 11.3. The van der Waals surface area contributed by atoms with E-state index in [1.54, 1.807) is 0 Å². The van der Waals surface area contributed by atoms with Crippen molar-refractivity contribution in [3.63, 3.8) is 0 Å². The van der Waals surface area contributed by atoms with E-state index in [0.717, 1.165) is 0 Å². The maximum absolute atomic E-state index is 10.0. The van der Waals surface area contributed by atoms with Crippen LogP contribution in [0.4, 0.5) is 0 Å². The molecule has 0 fully saturated rings. The predicted molar refractivity (Wildman–Crippen MR) is 37.4 cm³/mol. The fourth-order valence-corrected chi connectivity index (χ4v) is 0.608. The van der Waals surface area contributed by atoms with Crippen molar-refractivity contribution < 1.29 is 30.3 Å². The van der Waals surface area contributed by atoms with Crippen molar-refractivity contribution in [2.75, 3.05) is 6.61 Å². The highest BCUT2D eigenvalue weighted by Crippen LogP contribution is 2.02. The molecule has 6 nitrogen and oxygen atoms in total. The largest absolute Gasteiger partial charge is 0.479 e. The lowest BCUT2D eigenvalue weighted by molar-refractivity contribution is -0.149. The Balaban J connectivity index is 3.83. The molecule has 0 radical (unpaired) electrons. The first-order valence-electron chi connectivity index (χ1n) is 3.37. The SMILES string of the molecule is O=C(O)[C@H](O)C[C@@H](O)[C@@H](O)CO. The Kier molecular flexibility index (Phi) is 4.75. The standard InChI is InChI=1S/C6H12O6/c7-2-5(10)3(8)1-4(9)6(11)12/h3-5,7-10H,1-2H2,(H,11,12)/t3-,4-,5+/m1/s1. The quantitative estimate of drug-likeness (QED) is 0.320. The van der Waals surface area contributed by atoms with Crippen LogP contribution in [0.1, 0.15) is 6.42 Å². The van der Waals surface area contributed by atoms with Crippen LogP contribution in [0.15, 0.2) is 0 Å². The highest BCUT2D eigenvalue weighted by molar-refractivity contribution is 5.71. The molecule has 12 heavy (non-hydrogen) atoms. The van der Waals surface area contributed by atoms with E-state index in [1.807, 2.05) is 0 Å². The molecule has 0 aromatic rings. The number of carbonyl (C=O) groups is 1. The second-order valence-corrected chi connectivity index (χ2v) is 2.41. The van der Waals surface area contributed by atoms with Crippen LogP contribution in [-0.4, -0.2) is 56.4 Å². The number of rotatable bonds is 5. The van der Waals surface area contributed by atoms with Gasteiger partial charge < -0.3 is 25.5 Å². The molecule has 0 unspecified atom stereocenters. The zero-order chi connectivity index (χ0) is 9.72. The van der Waals surface area contributed by atoms with Gasteiger partial charge in [-0.05, 0) is 0 Å². The Morgan fingerprint density at radius 3 is 2.00 bits per heavy atom. The van der Waals surface area contributed by atoms with Gasteiger partial charge in [0.05, 0.1) is 12.7 Å². The second kappa shape index (κ2) is 5.04. The van der Waals surface area contributed by atoms with Gasteiger partial charge in [0.1, 0.15) is 6.10 Å². The first-order chi connectivity index (χ1) is 5.49. The highest BCUT2D eigenvalue weighted by atomic mass is 16.4. The molecular weight excluding hydrogens is 168 g/mol. The molecule has 0 amide bonds. The zero-order valence-electron chi connectivity index (χ0n) is 6.29. The van der Waals surface area contributed by atoms with Crippen molar-refractivity contribution in [1.82, 2.24) is 0 Å². The fraction of sp³-hybridized carbons (Fsp3) is 0.833. The third kappa shape index (κ3) is 3.63. The van der Waals surface area contributed by atoms with Crippen LogP contribution in [0.25, 0.3) is 0 Å². The number of aliphatic hydroxyl groups is 4. The molecule has 0 aromatic carbocycles. The molecule has 0 bridgehead atoms. The molecule has 6 heteroatoms. The normalized spacial score (nSPS) is 18.3. The highest BCUT2D eigenvalue weighted by Gasteiger charge is 2.23. The maximum Gasteiger partial charge on any atom is 0.332 e. The van der Waals surface area contributed by atoms with Crippen LogP contribution >= 0.6 is 0 Å². The summed E-state index contributed by atoms with van der Waals surface area (Å²) in [7, 11) is 0. The van der Waals surface area contributed by atoms with Crippen LogP contribution in [0.5, 0.6) is 0 Å². The summed E-state index contributed by atoms with van der Waals surface area (Å²) in [4.78, 5) is 10.0.